The average molecular weight is 162 g/mol. The van der Waals surface area contributed by atoms with Crippen LogP contribution in [0.15, 0.2) is 0 Å². The van der Waals surface area contributed by atoms with Crippen molar-refractivity contribution in [2.75, 3.05) is 27.4 Å². The predicted molar refractivity (Wildman–Crippen MR) is 43.5 cm³/mol. The lowest BCUT2D eigenvalue weighted by Crippen LogP contribution is -2.21. The monoisotopic (exact) mass is 162 g/mol. The lowest BCUT2D eigenvalue weighted by Gasteiger charge is -2.14. The van der Waals surface area contributed by atoms with Crippen LogP contribution >= 0.6 is 0 Å². The second-order valence-corrected chi connectivity index (χ2v) is 2.83. The molecule has 0 aliphatic carbocycles. The third-order valence-electron chi connectivity index (χ3n) is 1.23. The van der Waals surface area contributed by atoms with Gasteiger partial charge in [-0.15, -0.1) is 0 Å². The molecule has 0 rings (SSSR count). The first-order valence-electron chi connectivity index (χ1n) is 3.84. The van der Waals surface area contributed by atoms with Crippen LogP contribution in [-0.4, -0.2) is 33.7 Å². The van der Waals surface area contributed by atoms with Gasteiger partial charge in [0.25, 0.3) is 0 Å². The Morgan fingerprint density at radius 3 is 1.91 bits per heavy atom. The minimum atomic E-state index is -0.228. The van der Waals surface area contributed by atoms with Crippen LogP contribution in [0.2, 0.25) is 0 Å². The van der Waals surface area contributed by atoms with Crippen molar-refractivity contribution in [3.8, 4) is 0 Å². The molecule has 0 unspecified atom stereocenters. The molecule has 3 nitrogen and oxygen atoms in total. The van der Waals surface area contributed by atoms with Crippen molar-refractivity contribution < 1.29 is 14.2 Å². The van der Waals surface area contributed by atoms with E-state index in [0.717, 1.165) is 6.61 Å². The van der Waals surface area contributed by atoms with E-state index in [0.29, 0.717) is 12.5 Å². The Morgan fingerprint density at radius 2 is 1.55 bits per heavy atom. The van der Waals surface area contributed by atoms with Gasteiger partial charge in [-0.1, -0.05) is 13.8 Å². The van der Waals surface area contributed by atoms with Crippen LogP contribution < -0.4 is 0 Å². The van der Waals surface area contributed by atoms with E-state index in [1.54, 1.807) is 14.2 Å². The van der Waals surface area contributed by atoms with Gasteiger partial charge in [-0.25, -0.2) is 0 Å². The second-order valence-electron chi connectivity index (χ2n) is 2.83. The highest BCUT2D eigenvalue weighted by atomic mass is 16.7. The van der Waals surface area contributed by atoms with Gasteiger partial charge in [-0.2, -0.15) is 0 Å². The molecule has 0 aromatic carbocycles. The summed E-state index contributed by atoms with van der Waals surface area (Å²) < 4.78 is 15.2. The standard InChI is InChI=1S/C8H18O3/c1-7(2)5-11-6-8(9-3)10-4/h7-8H,5-6H2,1-4H3. The Bertz CT molecular complexity index is 79.4. The normalized spacial score (nSPS) is 11.5. The summed E-state index contributed by atoms with van der Waals surface area (Å²) in [5.41, 5.74) is 0. The molecule has 0 saturated heterocycles. The zero-order valence-corrected chi connectivity index (χ0v) is 7.79. The maximum atomic E-state index is 5.29. The van der Waals surface area contributed by atoms with Crippen molar-refractivity contribution in [1.29, 1.82) is 0 Å². The summed E-state index contributed by atoms with van der Waals surface area (Å²) in [5.74, 6) is 0.560. The van der Waals surface area contributed by atoms with Crippen molar-refractivity contribution in [3.63, 3.8) is 0 Å². The van der Waals surface area contributed by atoms with Gasteiger partial charge >= 0.3 is 0 Å². The van der Waals surface area contributed by atoms with E-state index < -0.39 is 0 Å². The molecule has 0 fully saturated rings. The SMILES string of the molecule is COC(COCC(C)C)OC. The fourth-order valence-corrected chi connectivity index (χ4v) is 0.632. The zero-order chi connectivity index (χ0) is 8.69. The molecule has 0 heterocycles. The van der Waals surface area contributed by atoms with Crippen LogP contribution in [0.5, 0.6) is 0 Å². The maximum absolute atomic E-state index is 5.29. The van der Waals surface area contributed by atoms with Crippen molar-refractivity contribution in [1.82, 2.24) is 0 Å². The molecule has 0 spiro atoms. The Hall–Kier alpha value is -0.120. The highest BCUT2D eigenvalue weighted by molar-refractivity contribution is 4.42. The molecule has 0 N–H and O–H groups in total. The van der Waals surface area contributed by atoms with Crippen LogP contribution in [-0.2, 0) is 14.2 Å². The van der Waals surface area contributed by atoms with Crippen LogP contribution in [0.25, 0.3) is 0 Å². The molecule has 11 heavy (non-hydrogen) atoms. The Balaban J connectivity index is 3.21. The first-order valence-corrected chi connectivity index (χ1v) is 3.84. The van der Waals surface area contributed by atoms with E-state index in [2.05, 4.69) is 13.8 Å². The van der Waals surface area contributed by atoms with E-state index in [4.69, 9.17) is 14.2 Å². The predicted octanol–water partition coefficient (Wildman–Crippen LogP) is 1.28. The summed E-state index contributed by atoms with van der Waals surface area (Å²) in [7, 11) is 3.21. The highest BCUT2D eigenvalue weighted by Gasteiger charge is 2.04. The third-order valence-corrected chi connectivity index (χ3v) is 1.23. The van der Waals surface area contributed by atoms with Gasteiger partial charge in [-0.05, 0) is 5.92 Å². The number of methoxy groups -OCH3 is 2. The molecule has 68 valence electrons. The molecule has 0 amide bonds. The van der Waals surface area contributed by atoms with Crippen LogP contribution in [0.1, 0.15) is 13.8 Å². The van der Waals surface area contributed by atoms with Gasteiger partial charge in [0, 0.05) is 20.8 Å². The summed E-state index contributed by atoms with van der Waals surface area (Å²) >= 11 is 0. The van der Waals surface area contributed by atoms with Crippen molar-refractivity contribution in [2.45, 2.75) is 20.1 Å². The van der Waals surface area contributed by atoms with Crippen LogP contribution in [0.4, 0.5) is 0 Å². The first kappa shape index (κ1) is 10.9. The molecule has 0 bridgehead atoms. The van der Waals surface area contributed by atoms with Gasteiger partial charge < -0.3 is 14.2 Å². The summed E-state index contributed by atoms with van der Waals surface area (Å²) in [6.45, 7) is 5.47. The Kier molecular flexibility index (Phi) is 6.51. The largest absolute Gasteiger partial charge is 0.376 e. The number of hydrogen-bond donors (Lipinski definition) is 0. The average Bonchev–Trinajstić information content (AvgIpc) is 1.98. The maximum Gasteiger partial charge on any atom is 0.180 e. The molecule has 0 aliphatic rings. The minimum absolute atomic E-state index is 0.228. The van der Waals surface area contributed by atoms with E-state index in [1.165, 1.54) is 0 Å². The number of hydrogen-bond acceptors (Lipinski definition) is 3. The fraction of sp³-hybridized carbons (Fsp3) is 1.00. The lowest BCUT2D eigenvalue weighted by molar-refractivity contribution is -0.142. The van der Waals surface area contributed by atoms with Gasteiger partial charge in [0.15, 0.2) is 6.29 Å². The summed E-state index contributed by atoms with van der Waals surface area (Å²) in [6.07, 6.45) is -0.228. The van der Waals surface area contributed by atoms with Gasteiger partial charge in [0.1, 0.15) is 0 Å². The Morgan fingerprint density at radius 1 is 1.00 bits per heavy atom. The first-order chi connectivity index (χ1) is 5.20. The van der Waals surface area contributed by atoms with Crippen molar-refractivity contribution in [2.24, 2.45) is 5.92 Å². The fourth-order valence-electron chi connectivity index (χ4n) is 0.632. The molecule has 0 aromatic heterocycles. The van der Waals surface area contributed by atoms with E-state index in [-0.39, 0.29) is 6.29 Å². The number of ether oxygens (including phenoxy) is 3. The molecular formula is C8H18O3. The Labute approximate surface area is 68.6 Å². The molecular weight excluding hydrogens is 144 g/mol. The molecule has 0 radical (unpaired) electrons. The van der Waals surface area contributed by atoms with Crippen molar-refractivity contribution >= 4 is 0 Å². The van der Waals surface area contributed by atoms with E-state index >= 15 is 0 Å². The smallest absolute Gasteiger partial charge is 0.180 e. The minimum Gasteiger partial charge on any atom is -0.376 e. The molecule has 0 aliphatic heterocycles. The van der Waals surface area contributed by atoms with E-state index in [9.17, 15) is 0 Å². The van der Waals surface area contributed by atoms with Gasteiger partial charge in [0.05, 0.1) is 6.61 Å². The molecule has 3 heteroatoms. The van der Waals surface area contributed by atoms with E-state index in [1.807, 2.05) is 0 Å². The quantitative estimate of drug-likeness (QED) is 0.551. The third kappa shape index (κ3) is 6.28. The zero-order valence-electron chi connectivity index (χ0n) is 7.79. The summed E-state index contributed by atoms with van der Waals surface area (Å²) in [4.78, 5) is 0. The molecule has 0 atom stereocenters. The van der Waals surface area contributed by atoms with Crippen molar-refractivity contribution in [3.05, 3.63) is 0 Å². The van der Waals surface area contributed by atoms with Gasteiger partial charge in [-0.3, -0.25) is 0 Å². The summed E-state index contributed by atoms with van der Waals surface area (Å²) in [6, 6.07) is 0. The van der Waals surface area contributed by atoms with Crippen LogP contribution in [0.3, 0.4) is 0 Å². The summed E-state index contributed by atoms with van der Waals surface area (Å²) in [5, 5.41) is 0. The number of rotatable bonds is 6. The topological polar surface area (TPSA) is 27.7 Å². The second kappa shape index (κ2) is 6.58. The van der Waals surface area contributed by atoms with Gasteiger partial charge in [0.2, 0.25) is 0 Å². The lowest BCUT2D eigenvalue weighted by atomic mass is 10.2. The van der Waals surface area contributed by atoms with Crippen LogP contribution in [0, 0.1) is 5.92 Å². The molecule has 0 aromatic rings. The highest BCUT2D eigenvalue weighted by Crippen LogP contribution is 1.96. The molecule has 0 saturated carbocycles.